The fourth-order valence-electron chi connectivity index (χ4n) is 4.53. The third-order valence-corrected chi connectivity index (χ3v) is 8.36. The molecule has 1 heterocycles. The first-order chi connectivity index (χ1) is 17.0. The Morgan fingerprint density at radius 3 is 2.33 bits per heavy atom. The molecular weight excluding hydrogens is 478 g/mol. The lowest BCUT2D eigenvalue weighted by Gasteiger charge is -2.35. The van der Waals surface area contributed by atoms with Crippen LogP contribution in [0.1, 0.15) is 44.0 Å². The lowest BCUT2D eigenvalue weighted by Crippen LogP contribution is -2.53. The Morgan fingerprint density at radius 1 is 1.06 bits per heavy atom. The fraction of sp³-hybridized carbons (Fsp3) is 0.481. The Kier molecular flexibility index (Phi) is 7.82. The summed E-state index contributed by atoms with van der Waals surface area (Å²) in [6.07, 6.45) is 1.92. The molecular formula is C27H35N3O5S. The smallest absolute Gasteiger partial charge is 0.251 e. The minimum absolute atomic E-state index is 0.168. The van der Waals surface area contributed by atoms with Gasteiger partial charge in [-0.1, -0.05) is 6.07 Å². The molecule has 0 atom stereocenters. The summed E-state index contributed by atoms with van der Waals surface area (Å²) in [4.78, 5) is 29.7. The topological polar surface area (TPSA) is 96.0 Å². The number of ether oxygens (including phenoxy) is 1. The molecule has 4 rings (SSSR count). The van der Waals surface area contributed by atoms with Gasteiger partial charge in [0.15, 0.2) is 9.84 Å². The van der Waals surface area contributed by atoms with Gasteiger partial charge in [0.2, 0.25) is 5.91 Å². The maximum absolute atomic E-state index is 13.1. The molecule has 194 valence electrons. The summed E-state index contributed by atoms with van der Waals surface area (Å²) in [6, 6.07) is 13.3. The van der Waals surface area contributed by atoms with Crippen molar-refractivity contribution in [2.75, 3.05) is 43.5 Å². The summed E-state index contributed by atoms with van der Waals surface area (Å²) in [5.41, 5.74) is 1.07. The van der Waals surface area contributed by atoms with Crippen molar-refractivity contribution < 1.29 is 22.7 Å². The molecule has 2 amide bonds. The van der Waals surface area contributed by atoms with Crippen LogP contribution in [0.4, 0.5) is 11.4 Å². The minimum Gasteiger partial charge on any atom is -0.379 e. The molecule has 1 N–H and O–H groups in total. The zero-order valence-corrected chi connectivity index (χ0v) is 22.0. The molecule has 1 saturated carbocycles. The van der Waals surface area contributed by atoms with Crippen molar-refractivity contribution in [1.29, 1.82) is 0 Å². The van der Waals surface area contributed by atoms with Crippen molar-refractivity contribution in [2.24, 2.45) is 5.92 Å². The Labute approximate surface area is 213 Å². The van der Waals surface area contributed by atoms with Gasteiger partial charge < -0.3 is 10.1 Å². The van der Waals surface area contributed by atoms with Gasteiger partial charge in [-0.25, -0.2) is 8.42 Å². The largest absolute Gasteiger partial charge is 0.379 e. The van der Waals surface area contributed by atoms with Gasteiger partial charge in [0.05, 0.1) is 23.9 Å². The highest BCUT2D eigenvalue weighted by atomic mass is 32.2. The second-order valence-electron chi connectivity index (χ2n) is 10.3. The molecule has 0 spiro atoms. The number of rotatable bonds is 9. The Bertz CT molecular complexity index is 1200. The number of hydrogen-bond donors (Lipinski definition) is 1. The summed E-state index contributed by atoms with van der Waals surface area (Å²) in [6.45, 7) is 9.19. The average molecular weight is 514 g/mol. The van der Waals surface area contributed by atoms with E-state index in [1.807, 2.05) is 13.8 Å². The first kappa shape index (κ1) is 26.3. The van der Waals surface area contributed by atoms with E-state index in [2.05, 4.69) is 10.2 Å². The zero-order chi connectivity index (χ0) is 25.9. The second kappa shape index (κ2) is 10.7. The molecule has 0 bridgehead atoms. The molecule has 8 nitrogen and oxygen atoms in total. The van der Waals surface area contributed by atoms with Gasteiger partial charge in [-0.3, -0.25) is 19.4 Å². The molecule has 1 aliphatic carbocycles. The standard InChI is InChI=1S/C27H35N3O5S/c1-20(31)30(23-9-11-25(12-10-23)36(33,34)18-21-7-8-21)24-6-4-5-22(17-24)26(32)28-27(2,3)19-29-13-15-35-16-14-29/h4-6,9-12,17,21H,7-8,13-16,18-19H2,1-3H3,(H,28,32). The highest BCUT2D eigenvalue weighted by molar-refractivity contribution is 7.91. The van der Waals surface area contributed by atoms with Gasteiger partial charge in [-0.2, -0.15) is 0 Å². The number of benzene rings is 2. The first-order valence-corrected chi connectivity index (χ1v) is 14.1. The van der Waals surface area contributed by atoms with Crippen molar-refractivity contribution in [3.63, 3.8) is 0 Å². The molecule has 1 saturated heterocycles. The lowest BCUT2D eigenvalue weighted by atomic mass is 10.0. The van der Waals surface area contributed by atoms with Crippen LogP contribution < -0.4 is 10.2 Å². The summed E-state index contributed by atoms with van der Waals surface area (Å²) in [5.74, 6) is -0.0352. The summed E-state index contributed by atoms with van der Waals surface area (Å²) in [5, 5.41) is 3.11. The number of hydrogen-bond acceptors (Lipinski definition) is 6. The van der Waals surface area contributed by atoms with E-state index in [0.29, 0.717) is 36.7 Å². The van der Waals surface area contributed by atoms with Crippen LogP contribution in [0.5, 0.6) is 0 Å². The second-order valence-corrected chi connectivity index (χ2v) is 12.4. The summed E-state index contributed by atoms with van der Waals surface area (Å²) in [7, 11) is -3.34. The van der Waals surface area contributed by atoms with E-state index in [4.69, 9.17) is 4.74 Å². The predicted molar refractivity (Wildman–Crippen MR) is 139 cm³/mol. The molecule has 2 aliphatic rings. The van der Waals surface area contributed by atoms with E-state index in [1.165, 1.54) is 11.8 Å². The number of nitrogens with zero attached hydrogens (tertiary/aromatic N) is 2. The third kappa shape index (κ3) is 6.72. The van der Waals surface area contributed by atoms with Crippen molar-refractivity contribution >= 4 is 33.0 Å². The van der Waals surface area contributed by atoms with Crippen LogP contribution in [0.15, 0.2) is 53.4 Å². The number of carbonyl (C=O) groups excluding carboxylic acids is 2. The lowest BCUT2D eigenvalue weighted by molar-refractivity contribution is -0.115. The highest BCUT2D eigenvalue weighted by Crippen LogP contribution is 2.33. The van der Waals surface area contributed by atoms with Gasteiger partial charge in [-0.05, 0) is 75.1 Å². The van der Waals surface area contributed by atoms with E-state index < -0.39 is 15.4 Å². The van der Waals surface area contributed by atoms with Crippen LogP contribution in [-0.4, -0.2) is 69.3 Å². The van der Waals surface area contributed by atoms with E-state index in [9.17, 15) is 18.0 Å². The number of nitrogens with one attached hydrogen (secondary N) is 1. The van der Waals surface area contributed by atoms with Crippen molar-refractivity contribution in [1.82, 2.24) is 10.2 Å². The number of sulfone groups is 1. The van der Waals surface area contributed by atoms with E-state index in [1.54, 1.807) is 48.5 Å². The highest BCUT2D eigenvalue weighted by Gasteiger charge is 2.29. The number of amides is 2. The van der Waals surface area contributed by atoms with Gasteiger partial charge in [0, 0.05) is 49.0 Å². The number of morpholine rings is 1. The minimum atomic E-state index is -3.34. The van der Waals surface area contributed by atoms with Crippen LogP contribution in [0, 0.1) is 5.92 Å². The molecule has 1 aliphatic heterocycles. The van der Waals surface area contributed by atoms with E-state index in [-0.39, 0.29) is 28.4 Å². The molecule has 2 aromatic rings. The van der Waals surface area contributed by atoms with Crippen LogP contribution in [-0.2, 0) is 19.4 Å². The van der Waals surface area contributed by atoms with Crippen molar-refractivity contribution in [3.05, 3.63) is 54.1 Å². The maximum Gasteiger partial charge on any atom is 0.251 e. The Hall–Kier alpha value is -2.75. The Morgan fingerprint density at radius 2 is 1.72 bits per heavy atom. The van der Waals surface area contributed by atoms with Gasteiger partial charge >= 0.3 is 0 Å². The van der Waals surface area contributed by atoms with Crippen molar-refractivity contribution in [2.45, 2.75) is 44.0 Å². The summed E-state index contributed by atoms with van der Waals surface area (Å²) < 4.78 is 30.6. The van der Waals surface area contributed by atoms with Crippen LogP contribution in [0.2, 0.25) is 0 Å². The van der Waals surface area contributed by atoms with Crippen molar-refractivity contribution in [3.8, 4) is 0 Å². The maximum atomic E-state index is 13.1. The number of carbonyl (C=O) groups is 2. The van der Waals surface area contributed by atoms with Crippen LogP contribution >= 0.6 is 0 Å². The SMILES string of the molecule is CC(=O)N(c1ccc(S(=O)(=O)CC2CC2)cc1)c1cccc(C(=O)NC(C)(C)CN2CCOCC2)c1. The predicted octanol–water partition coefficient (Wildman–Crippen LogP) is 3.40. The average Bonchev–Trinajstić information content (AvgIpc) is 3.63. The van der Waals surface area contributed by atoms with Crippen LogP contribution in [0.25, 0.3) is 0 Å². The Balaban J connectivity index is 1.50. The first-order valence-electron chi connectivity index (χ1n) is 12.4. The zero-order valence-electron chi connectivity index (χ0n) is 21.2. The van der Waals surface area contributed by atoms with E-state index >= 15 is 0 Å². The quantitative estimate of drug-likeness (QED) is 0.552. The summed E-state index contributed by atoms with van der Waals surface area (Å²) >= 11 is 0. The fourth-order valence-corrected chi connectivity index (χ4v) is 6.23. The van der Waals surface area contributed by atoms with E-state index in [0.717, 1.165) is 25.9 Å². The molecule has 0 radical (unpaired) electrons. The van der Waals surface area contributed by atoms with Gasteiger partial charge in [0.25, 0.3) is 5.91 Å². The van der Waals surface area contributed by atoms with Gasteiger partial charge in [0.1, 0.15) is 0 Å². The monoisotopic (exact) mass is 513 g/mol. The normalized spacial score (nSPS) is 17.0. The molecule has 36 heavy (non-hydrogen) atoms. The molecule has 9 heteroatoms. The number of anilines is 2. The third-order valence-electron chi connectivity index (χ3n) is 6.46. The molecule has 2 aromatic carbocycles. The molecule has 0 unspecified atom stereocenters. The van der Waals surface area contributed by atoms with Gasteiger partial charge in [-0.15, -0.1) is 0 Å². The van der Waals surface area contributed by atoms with Crippen LogP contribution in [0.3, 0.4) is 0 Å². The molecule has 2 fully saturated rings. The molecule has 0 aromatic heterocycles.